The van der Waals surface area contributed by atoms with Gasteiger partial charge in [-0.1, -0.05) is 5.16 Å². The lowest BCUT2D eigenvalue weighted by Crippen LogP contribution is -2.02. The zero-order valence-corrected chi connectivity index (χ0v) is 10.0. The van der Waals surface area contributed by atoms with Crippen LogP contribution in [0.2, 0.25) is 0 Å². The van der Waals surface area contributed by atoms with Crippen molar-refractivity contribution in [3.8, 4) is 11.6 Å². The summed E-state index contributed by atoms with van der Waals surface area (Å²) in [5.41, 5.74) is 5.35. The third-order valence-corrected chi connectivity index (χ3v) is 2.05. The fourth-order valence-electron chi connectivity index (χ4n) is 1.01. The van der Waals surface area contributed by atoms with Gasteiger partial charge in [0.2, 0.25) is 11.7 Å². The minimum absolute atomic E-state index is 0. The summed E-state index contributed by atoms with van der Waals surface area (Å²) in [5, 5.41) is 3.76. The van der Waals surface area contributed by atoms with Crippen molar-refractivity contribution in [3.63, 3.8) is 0 Å². The first-order chi connectivity index (χ1) is 6.79. The Hall–Kier alpha value is -0.850. The van der Waals surface area contributed by atoms with Crippen molar-refractivity contribution in [2.45, 2.75) is 6.42 Å². The Morgan fingerprint density at radius 2 is 2.20 bits per heavy atom. The molecule has 5 nitrogen and oxygen atoms in total. The van der Waals surface area contributed by atoms with E-state index in [9.17, 15) is 0 Å². The molecule has 0 fully saturated rings. The lowest BCUT2D eigenvalue weighted by molar-refractivity contribution is 0.379. The van der Waals surface area contributed by atoms with E-state index in [-0.39, 0.29) is 12.4 Å². The maximum atomic E-state index is 5.35. The largest absolute Gasteiger partial charge is 0.446 e. The molecule has 0 unspecified atom stereocenters. The van der Waals surface area contributed by atoms with Crippen molar-refractivity contribution in [3.05, 3.63) is 22.7 Å². The third-order valence-electron chi connectivity index (χ3n) is 1.62. The number of rotatable bonds is 3. The van der Waals surface area contributed by atoms with Crippen molar-refractivity contribution in [1.82, 2.24) is 10.1 Å². The summed E-state index contributed by atoms with van der Waals surface area (Å²) >= 11 is 3.19. The highest BCUT2D eigenvalue weighted by Crippen LogP contribution is 2.22. The van der Waals surface area contributed by atoms with Crippen LogP contribution in [0.4, 0.5) is 0 Å². The maximum Gasteiger partial charge on any atom is 0.238 e. The molecule has 0 radical (unpaired) electrons. The summed E-state index contributed by atoms with van der Waals surface area (Å²) in [7, 11) is 0. The van der Waals surface area contributed by atoms with Gasteiger partial charge in [-0.25, -0.2) is 0 Å². The fourth-order valence-corrected chi connectivity index (χ4v) is 1.32. The Morgan fingerprint density at radius 3 is 2.80 bits per heavy atom. The number of nitrogens with zero attached hydrogens (tertiary/aromatic N) is 2. The maximum absolute atomic E-state index is 5.35. The van der Waals surface area contributed by atoms with Gasteiger partial charge in [0.05, 0.1) is 0 Å². The van der Waals surface area contributed by atoms with Gasteiger partial charge in [0, 0.05) is 13.0 Å². The molecular weight excluding hydrogens is 285 g/mol. The van der Waals surface area contributed by atoms with Crippen molar-refractivity contribution in [1.29, 1.82) is 0 Å². The van der Waals surface area contributed by atoms with Gasteiger partial charge in [-0.2, -0.15) is 4.98 Å². The Balaban J connectivity index is 0.00000112. The number of furan rings is 1. The average Bonchev–Trinajstić information content (AvgIpc) is 2.74. The molecular formula is C8H9BrClN3O2. The Morgan fingerprint density at radius 1 is 1.40 bits per heavy atom. The first-order valence-electron chi connectivity index (χ1n) is 4.08. The van der Waals surface area contributed by atoms with Crippen LogP contribution < -0.4 is 5.73 Å². The van der Waals surface area contributed by atoms with Gasteiger partial charge in [-0.15, -0.1) is 12.4 Å². The number of aromatic nitrogens is 2. The zero-order chi connectivity index (χ0) is 9.97. The number of hydrogen-bond donors (Lipinski definition) is 1. The average molecular weight is 295 g/mol. The molecule has 2 heterocycles. The monoisotopic (exact) mass is 293 g/mol. The molecule has 15 heavy (non-hydrogen) atoms. The van der Waals surface area contributed by atoms with E-state index in [1.165, 1.54) is 0 Å². The topological polar surface area (TPSA) is 78.1 Å². The van der Waals surface area contributed by atoms with Gasteiger partial charge >= 0.3 is 0 Å². The van der Waals surface area contributed by atoms with Crippen LogP contribution >= 0.6 is 28.3 Å². The van der Waals surface area contributed by atoms with Crippen LogP contribution in [0.1, 0.15) is 5.89 Å². The first-order valence-corrected chi connectivity index (χ1v) is 4.87. The van der Waals surface area contributed by atoms with Gasteiger partial charge in [0.15, 0.2) is 10.4 Å². The summed E-state index contributed by atoms with van der Waals surface area (Å²) in [6.45, 7) is 0.490. The van der Waals surface area contributed by atoms with Crippen LogP contribution in [0, 0.1) is 0 Å². The second-order valence-corrected chi connectivity index (χ2v) is 3.44. The van der Waals surface area contributed by atoms with Gasteiger partial charge in [0.25, 0.3) is 0 Å². The quantitative estimate of drug-likeness (QED) is 0.937. The molecule has 2 N–H and O–H groups in total. The van der Waals surface area contributed by atoms with Crippen LogP contribution in [0.3, 0.4) is 0 Å². The first kappa shape index (κ1) is 12.2. The van der Waals surface area contributed by atoms with Gasteiger partial charge in [-0.3, -0.25) is 0 Å². The van der Waals surface area contributed by atoms with Crippen LogP contribution in [-0.4, -0.2) is 16.7 Å². The summed E-state index contributed by atoms with van der Waals surface area (Å²) in [6.07, 6.45) is 0.578. The number of hydrogen-bond acceptors (Lipinski definition) is 5. The highest BCUT2D eigenvalue weighted by atomic mass is 79.9. The molecule has 0 bridgehead atoms. The molecule has 2 rings (SSSR count). The predicted molar refractivity (Wildman–Crippen MR) is 59.7 cm³/mol. The second kappa shape index (κ2) is 5.29. The molecule has 0 spiro atoms. The predicted octanol–water partition coefficient (Wildman–Crippen LogP) is 2.02. The van der Waals surface area contributed by atoms with E-state index in [2.05, 4.69) is 26.1 Å². The van der Waals surface area contributed by atoms with Crippen LogP contribution in [0.15, 0.2) is 25.7 Å². The van der Waals surface area contributed by atoms with Gasteiger partial charge in [0.1, 0.15) is 0 Å². The Labute approximate surface area is 101 Å². The van der Waals surface area contributed by atoms with E-state index >= 15 is 0 Å². The molecule has 0 aliphatic carbocycles. The van der Waals surface area contributed by atoms with Gasteiger partial charge in [-0.05, 0) is 28.1 Å². The minimum atomic E-state index is 0. The summed E-state index contributed by atoms with van der Waals surface area (Å²) in [5.74, 6) is 1.54. The number of nitrogens with two attached hydrogens (primary N) is 1. The lowest BCUT2D eigenvalue weighted by Gasteiger charge is -1.85. The zero-order valence-electron chi connectivity index (χ0n) is 7.64. The van der Waals surface area contributed by atoms with E-state index in [4.69, 9.17) is 14.7 Å². The van der Waals surface area contributed by atoms with Crippen molar-refractivity contribution in [2.24, 2.45) is 5.73 Å². The molecule has 0 amide bonds. The summed E-state index contributed by atoms with van der Waals surface area (Å²) < 4.78 is 10.9. The molecule has 82 valence electrons. The van der Waals surface area contributed by atoms with Gasteiger partial charge < -0.3 is 14.7 Å². The molecule has 0 aliphatic heterocycles. The van der Waals surface area contributed by atoms with Crippen LogP contribution in [0.25, 0.3) is 11.6 Å². The molecule has 0 aliphatic rings. The summed E-state index contributed by atoms with van der Waals surface area (Å²) in [6, 6.07) is 3.54. The smallest absolute Gasteiger partial charge is 0.238 e. The second-order valence-electron chi connectivity index (χ2n) is 2.65. The van der Waals surface area contributed by atoms with E-state index in [0.717, 1.165) is 0 Å². The highest BCUT2D eigenvalue weighted by Gasteiger charge is 2.11. The van der Waals surface area contributed by atoms with E-state index in [0.29, 0.717) is 35.1 Å². The van der Waals surface area contributed by atoms with E-state index < -0.39 is 0 Å². The molecule has 0 aromatic carbocycles. The normalized spacial score (nSPS) is 10.0. The molecule has 0 atom stereocenters. The van der Waals surface area contributed by atoms with E-state index in [1.807, 2.05) is 0 Å². The third kappa shape index (κ3) is 2.80. The standard InChI is InChI=1S/C8H8BrN3O2.ClH/c9-6-2-1-5(13-6)8-11-7(3-4-10)14-12-8;/h1-2H,3-4,10H2;1H. The van der Waals surface area contributed by atoms with Crippen LogP contribution in [-0.2, 0) is 6.42 Å². The Kier molecular flexibility index (Phi) is 4.31. The van der Waals surface area contributed by atoms with Crippen molar-refractivity contribution in [2.75, 3.05) is 6.54 Å². The SMILES string of the molecule is Cl.NCCc1nc(-c2ccc(Br)o2)no1. The minimum Gasteiger partial charge on any atom is -0.446 e. The Bertz CT molecular complexity index is 429. The molecule has 0 saturated heterocycles. The van der Waals surface area contributed by atoms with Crippen molar-refractivity contribution < 1.29 is 8.94 Å². The molecule has 0 saturated carbocycles. The molecule has 7 heteroatoms. The molecule has 2 aromatic rings. The fraction of sp³-hybridized carbons (Fsp3) is 0.250. The van der Waals surface area contributed by atoms with Crippen LogP contribution in [0.5, 0.6) is 0 Å². The molecule has 2 aromatic heterocycles. The lowest BCUT2D eigenvalue weighted by atomic mass is 10.4. The van der Waals surface area contributed by atoms with Crippen molar-refractivity contribution >= 4 is 28.3 Å². The highest BCUT2D eigenvalue weighted by molar-refractivity contribution is 9.10. The van der Waals surface area contributed by atoms with E-state index in [1.54, 1.807) is 12.1 Å². The number of halogens is 2. The summed E-state index contributed by atoms with van der Waals surface area (Å²) in [4.78, 5) is 4.11.